The van der Waals surface area contributed by atoms with E-state index in [1.54, 1.807) is 12.1 Å². The minimum absolute atomic E-state index is 0.232. The third kappa shape index (κ3) is 4.50. The zero-order chi connectivity index (χ0) is 16.8. The average Bonchev–Trinajstić information content (AvgIpc) is 2.53. The Morgan fingerprint density at radius 1 is 1.13 bits per heavy atom. The Bertz CT molecular complexity index is 734. The summed E-state index contributed by atoms with van der Waals surface area (Å²) in [6.45, 7) is -0.467. The summed E-state index contributed by atoms with van der Waals surface area (Å²) in [6, 6.07) is 8.89. The smallest absolute Gasteiger partial charge is 0.337 e. The van der Waals surface area contributed by atoms with Crippen molar-refractivity contribution in [1.82, 2.24) is 0 Å². The number of hydrogen-bond donors (Lipinski definition) is 1. The van der Waals surface area contributed by atoms with Crippen LogP contribution in [0.15, 0.2) is 42.5 Å². The molecule has 2 aromatic carbocycles. The van der Waals surface area contributed by atoms with Crippen LogP contribution in [0.2, 0.25) is 0 Å². The quantitative estimate of drug-likeness (QED) is 0.860. The van der Waals surface area contributed by atoms with Crippen LogP contribution in [-0.4, -0.2) is 25.6 Å². The fraction of sp³-hybridized carbons (Fsp3) is 0.125. The number of carbonyl (C=O) groups excluding carboxylic acids is 2. The van der Waals surface area contributed by atoms with Crippen molar-refractivity contribution in [1.29, 1.82) is 0 Å². The van der Waals surface area contributed by atoms with E-state index in [4.69, 9.17) is 4.74 Å². The number of rotatable bonds is 5. The molecular weight excluding hydrogens is 308 g/mol. The molecule has 1 N–H and O–H groups in total. The van der Waals surface area contributed by atoms with Gasteiger partial charge in [-0.25, -0.2) is 13.6 Å². The van der Waals surface area contributed by atoms with Crippen LogP contribution in [0.25, 0.3) is 0 Å². The van der Waals surface area contributed by atoms with Crippen LogP contribution in [0, 0.1) is 11.6 Å². The molecule has 0 saturated carbocycles. The summed E-state index contributed by atoms with van der Waals surface area (Å²) in [5, 5.41) is 2.49. The summed E-state index contributed by atoms with van der Waals surface area (Å²) in [5.41, 5.74) is 0.636. The van der Waals surface area contributed by atoms with Gasteiger partial charge in [-0.05, 0) is 30.3 Å². The lowest BCUT2D eigenvalue weighted by Gasteiger charge is -2.09. The molecule has 0 aliphatic rings. The van der Waals surface area contributed by atoms with E-state index in [9.17, 15) is 18.4 Å². The van der Waals surface area contributed by atoms with E-state index >= 15 is 0 Å². The zero-order valence-electron chi connectivity index (χ0n) is 12.1. The molecule has 1 amide bonds. The van der Waals surface area contributed by atoms with E-state index in [0.717, 1.165) is 12.1 Å². The van der Waals surface area contributed by atoms with Gasteiger partial charge < -0.3 is 14.8 Å². The van der Waals surface area contributed by atoms with E-state index in [0.29, 0.717) is 11.8 Å². The second kappa shape index (κ2) is 7.35. The number of ether oxygens (including phenoxy) is 2. The maximum absolute atomic E-state index is 13.4. The highest BCUT2D eigenvalue weighted by atomic mass is 19.1. The Morgan fingerprint density at radius 2 is 1.91 bits per heavy atom. The standard InChI is InChI=1S/C16H13F2NO4/c1-22-16(21)10-3-2-4-12(7-10)19-15(20)9-23-14-6-5-11(17)8-13(14)18/h2-8H,9H2,1H3,(H,19,20). The first-order chi connectivity index (χ1) is 11.0. The third-order valence-corrected chi connectivity index (χ3v) is 2.82. The number of methoxy groups -OCH3 is 1. The van der Waals surface area contributed by atoms with Crippen LogP contribution in [0.3, 0.4) is 0 Å². The summed E-state index contributed by atoms with van der Waals surface area (Å²) in [4.78, 5) is 23.2. The first kappa shape index (κ1) is 16.4. The molecule has 2 rings (SSSR count). The number of nitrogens with one attached hydrogen (secondary N) is 1. The van der Waals surface area contributed by atoms with Crippen LogP contribution < -0.4 is 10.1 Å². The summed E-state index contributed by atoms with van der Waals surface area (Å²) >= 11 is 0. The van der Waals surface area contributed by atoms with Crippen LogP contribution >= 0.6 is 0 Å². The highest BCUT2D eigenvalue weighted by Crippen LogP contribution is 2.17. The number of amides is 1. The Kier molecular flexibility index (Phi) is 5.24. The molecule has 0 atom stereocenters. The van der Waals surface area contributed by atoms with Gasteiger partial charge in [0, 0.05) is 11.8 Å². The first-order valence-electron chi connectivity index (χ1n) is 6.55. The number of halogens is 2. The van der Waals surface area contributed by atoms with E-state index in [1.165, 1.54) is 19.2 Å². The molecule has 0 heterocycles. The molecule has 0 fully saturated rings. The third-order valence-electron chi connectivity index (χ3n) is 2.82. The Hall–Kier alpha value is -2.96. The monoisotopic (exact) mass is 321 g/mol. The molecular formula is C16H13F2NO4. The van der Waals surface area contributed by atoms with Gasteiger partial charge in [0.25, 0.3) is 5.91 Å². The van der Waals surface area contributed by atoms with Gasteiger partial charge in [-0.1, -0.05) is 6.07 Å². The maximum Gasteiger partial charge on any atom is 0.337 e. The molecule has 23 heavy (non-hydrogen) atoms. The van der Waals surface area contributed by atoms with Crippen LogP contribution in [-0.2, 0) is 9.53 Å². The van der Waals surface area contributed by atoms with Gasteiger partial charge in [0.15, 0.2) is 18.2 Å². The lowest BCUT2D eigenvalue weighted by molar-refractivity contribution is -0.118. The number of carbonyl (C=O) groups is 2. The Balaban J connectivity index is 1.96. The highest BCUT2D eigenvalue weighted by Gasteiger charge is 2.10. The molecule has 0 saturated heterocycles. The number of hydrogen-bond acceptors (Lipinski definition) is 4. The van der Waals surface area contributed by atoms with Crippen molar-refractivity contribution < 1.29 is 27.8 Å². The van der Waals surface area contributed by atoms with Gasteiger partial charge in [0.1, 0.15) is 5.82 Å². The first-order valence-corrected chi connectivity index (χ1v) is 6.55. The topological polar surface area (TPSA) is 64.6 Å². The number of benzene rings is 2. The molecule has 0 aromatic heterocycles. The molecule has 0 unspecified atom stereocenters. The largest absolute Gasteiger partial charge is 0.481 e. The second-order valence-corrected chi connectivity index (χ2v) is 4.48. The molecule has 0 aliphatic heterocycles. The minimum atomic E-state index is -0.898. The molecule has 7 heteroatoms. The molecule has 120 valence electrons. The van der Waals surface area contributed by atoms with Crippen LogP contribution in [0.1, 0.15) is 10.4 Å². The highest BCUT2D eigenvalue weighted by molar-refractivity contribution is 5.95. The lowest BCUT2D eigenvalue weighted by Crippen LogP contribution is -2.20. The van der Waals surface area contributed by atoms with Gasteiger partial charge in [-0.15, -0.1) is 0 Å². The predicted octanol–water partition coefficient (Wildman–Crippen LogP) is 2.77. The van der Waals surface area contributed by atoms with Crippen molar-refractivity contribution in [2.45, 2.75) is 0 Å². The Morgan fingerprint density at radius 3 is 2.61 bits per heavy atom. The van der Waals surface area contributed by atoms with Gasteiger partial charge in [-0.3, -0.25) is 4.79 Å². The van der Waals surface area contributed by atoms with Crippen molar-refractivity contribution in [3.05, 3.63) is 59.7 Å². The molecule has 0 radical (unpaired) electrons. The molecule has 2 aromatic rings. The fourth-order valence-electron chi connectivity index (χ4n) is 1.77. The molecule has 5 nitrogen and oxygen atoms in total. The summed E-state index contributed by atoms with van der Waals surface area (Å²) < 4.78 is 35.7. The van der Waals surface area contributed by atoms with Crippen LogP contribution in [0.5, 0.6) is 5.75 Å². The normalized spacial score (nSPS) is 10.0. The van der Waals surface area contributed by atoms with E-state index in [-0.39, 0.29) is 11.3 Å². The zero-order valence-corrected chi connectivity index (χ0v) is 12.1. The van der Waals surface area contributed by atoms with Gasteiger partial charge in [0.2, 0.25) is 0 Å². The molecule has 0 aliphatic carbocycles. The number of anilines is 1. The minimum Gasteiger partial charge on any atom is -0.481 e. The molecule has 0 bridgehead atoms. The summed E-state index contributed by atoms with van der Waals surface area (Å²) in [6.07, 6.45) is 0. The van der Waals surface area contributed by atoms with Crippen molar-refractivity contribution in [3.63, 3.8) is 0 Å². The van der Waals surface area contributed by atoms with E-state index < -0.39 is 30.1 Å². The van der Waals surface area contributed by atoms with E-state index in [1.807, 2.05) is 0 Å². The molecule has 0 spiro atoms. The summed E-state index contributed by atoms with van der Waals surface area (Å²) in [5.74, 6) is -2.96. The van der Waals surface area contributed by atoms with Crippen molar-refractivity contribution >= 4 is 17.6 Å². The SMILES string of the molecule is COC(=O)c1cccc(NC(=O)COc2ccc(F)cc2F)c1. The van der Waals surface area contributed by atoms with Crippen molar-refractivity contribution in [2.75, 3.05) is 19.0 Å². The fourth-order valence-corrected chi connectivity index (χ4v) is 1.77. The van der Waals surface area contributed by atoms with Crippen LogP contribution in [0.4, 0.5) is 14.5 Å². The Labute approximate surface area is 130 Å². The summed E-state index contributed by atoms with van der Waals surface area (Å²) in [7, 11) is 1.25. The van der Waals surface area contributed by atoms with Gasteiger partial charge in [0.05, 0.1) is 12.7 Å². The number of esters is 1. The van der Waals surface area contributed by atoms with E-state index in [2.05, 4.69) is 10.1 Å². The predicted molar refractivity (Wildman–Crippen MR) is 78.3 cm³/mol. The average molecular weight is 321 g/mol. The van der Waals surface area contributed by atoms with Crippen molar-refractivity contribution in [3.8, 4) is 5.75 Å². The van der Waals surface area contributed by atoms with Crippen molar-refractivity contribution in [2.24, 2.45) is 0 Å². The van der Waals surface area contributed by atoms with Gasteiger partial charge in [-0.2, -0.15) is 0 Å². The second-order valence-electron chi connectivity index (χ2n) is 4.48. The maximum atomic E-state index is 13.4. The lowest BCUT2D eigenvalue weighted by atomic mass is 10.2. The van der Waals surface area contributed by atoms with Gasteiger partial charge >= 0.3 is 5.97 Å².